The monoisotopic (exact) mass is 561 g/mol. The molecule has 5 heteroatoms. The fourth-order valence-corrected chi connectivity index (χ4v) is 3.48. The molecule has 0 aliphatic rings. The molecule has 0 aromatic heterocycles. The Kier molecular flexibility index (Phi) is 13.3. The van der Waals surface area contributed by atoms with E-state index in [4.69, 9.17) is 14.2 Å². The van der Waals surface area contributed by atoms with Crippen LogP contribution in [0.1, 0.15) is 16.7 Å². The van der Waals surface area contributed by atoms with Crippen LogP contribution in [0.4, 0.5) is 0 Å². The largest absolute Gasteiger partial charge is 1.00 e. The molecule has 3 aromatic carbocycles. The van der Waals surface area contributed by atoms with E-state index in [0.717, 1.165) is 24.1 Å². The fraction of sp³-hybridized carbons (Fsp3) is 0.357. The zero-order valence-corrected chi connectivity index (χ0v) is 21.7. The summed E-state index contributed by atoms with van der Waals surface area (Å²) in [4.78, 5) is 0. The Morgan fingerprint density at radius 2 is 0.758 bits per heavy atom. The predicted molar refractivity (Wildman–Crippen MR) is 129 cm³/mol. The molecule has 3 aromatic rings. The SMILES string of the molecule is C[N+](CCOCc1ccccc1)(CCOCc1ccccc1)CCOCc1ccccc1.[I-]. The van der Waals surface area contributed by atoms with Crippen LogP contribution in [0.2, 0.25) is 0 Å². The van der Waals surface area contributed by atoms with Crippen molar-refractivity contribution in [1.29, 1.82) is 0 Å². The van der Waals surface area contributed by atoms with E-state index in [9.17, 15) is 0 Å². The number of rotatable bonds is 15. The van der Waals surface area contributed by atoms with Crippen LogP contribution in [0.15, 0.2) is 91.0 Å². The Balaban J connectivity index is 0.00000385. The summed E-state index contributed by atoms with van der Waals surface area (Å²) in [6.45, 7) is 6.86. The molecule has 0 fully saturated rings. The van der Waals surface area contributed by atoms with E-state index in [2.05, 4.69) is 43.4 Å². The minimum Gasteiger partial charge on any atom is -1.00 e. The predicted octanol–water partition coefficient (Wildman–Crippen LogP) is 2.09. The van der Waals surface area contributed by atoms with Gasteiger partial charge in [-0.3, -0.25) is 0 Å². The van der Waals surface area contributed by atoms with Crippen molar-refractivity contribution in [3.8, 4) is 0 Å². The minimum atomic E-state index is 0. The molecule has 0 aliphatic carbocycles. The second kappa shape index (κ2) is 16.0. The Morgan fingerprint density at radius 1 is 0.485 bits per heavy atom. The number of hydrogen-bond donors (Lipinski definition) is 0. The van der Waals surface area contributed by atoms with Gasteiger partial charge in [0.25, 0.3) is 0 Å². The molecule has 0 heterocycles. The average molecular weight is 562 g/mol. The number of quaternary nitrogens is 1. The van der Waals surface area contributed by atoms with Crippen LogP contribution in [0.5, 0.6) is 0 Å². The molecular formula is C28H36INO3. The fourth-order valence-electron chi connectivity index (χ4n) is 3.48. The molecule has 0 amide bonds. The molecule has 33 heavy (non-hydrogen) atoms. The molecule has 178 valence electrons. The molecule has 0 N–H and O–H groups in total. The number of halogens is 1. The number of likely N-dealkylation sites (N-methyl/N-ethyl adjacent to an activating group) is 1. The second-order valence-electron chi connectivity index (χ2n) is 8.40. The molecule has 0 bridgehead atoms. The van der Waals surface area contributed by atoms with Crippen LogP contribution in [0.3, 0.4) is 0 Å². The zero-order chi connectivity index (χ0) is 22.3. The van der Waals surface area contributed by atoms with E-state index in [1.807, 2.05) is 54.6 Å². The average Bonchev–Trinajstić information content (AvgIpc) is 2.85. The number of ether oxygens (including phenoxy) is 3. The topological polar surface area (TPSA) is 27.7 Å². The Bertz CT molecular complexity index is 746. The van der Waals surface area contributed by atoms with Gasteiger partial charge in [-0.2, -0.15) is 0 Å². The van der Waals surface area contributed by atoms with Crippen molar-refractivity contribution in [2.45, 2.75) is 19.8 Å². The molecule has 0 atom stereocenters. The molecule has 3 rings (SSSR count). The van der Waals surface area contributed by atoms with Crippen molar-refractivity contribution < 1.29 is 42.7 Å². The van der Waals surface area contributed by atoms with Gasteiger partial charge < -0.3 is 42.7 Å². The van der Waals surface area contributed by atoms with Crippen LogP contribution < -0.4 is 24.0 Å². The van der Waals surface area contributed by atoms with E-state index in [1.54, 1.807) is 0 Å². The standard InChI is InChI=1S/C28H36NO3.HI/c1-29(17-20-30-23-26-11-5-2-6-12-26,18-21-31-24-27-13-7-3-8-14-27)19-22-32-25-28-15-9-4-10-16-28;/h2-16H,17-25H2,1H3;1H/q+1;/p-1. The third-order valence-electron chi connectivity index (χ3n) is 5.66. The van der Waals surface area contributed by atoms with Crippen molar-refractivity contribution in [2.24, 2.45) is 0 Å². The van der Waals surface area contributed by atoms with Gasteiger partial charge in [0.1, 0.15) is 19.6 Å². The summed E-state index contributed by atoms with van der Waals surface area (Å²) >= 11 is 0. The Labute approximate surface area is 216 Å². The van der Waals surface area contributed by atoms with E-state index >= 15 is 0 Å². The highest BCUT2D eigenvalue weighted by atomic mass is 127. The first-order chi connectivity index (χ1) is 15.7. The molecule has 0 saturated carbocycles. The van der Waals surface area contributed by atoms with E-state index in [1.165, 1.54) is 16.7 Å². The minimum absolute atomic E-state index is 0. The number of benzene rings is 3. The maximum absolute atomic E-state index is 5.97. The van der Waals surface area contributed by atoms with Crippen LogP contribution in [-0.2, 0) is 34.0 Å². The van der Waals surface area contributed by atoms with E-state index in [-0.39, 0.29) is 24.0 Å². The van der Waals surface area contributed by atoms with Gasteiger partial charge in [-0.15, -0.1) is 0 Å². The lowest BCUT2D eigenvalue weighted by Gasteiger charge is -2.34. The van der Waals surface area contributed by atoms with Gasteiger partial charge in [0, 0.05) is 0 Å². The highest BCUT2D eigenvalue weighted by molar-refractivity contribution is 5.14. The van der Waals surface area contributed by atoms with Crippen LogP contribution >= 0.6 is 0 Å². The van der Waals surface area contributed by atoms with Crippen LogP contribution in [-0.4, -0.2) is 51.0 Å². The van der Waals surface area contributed by atoms with Crippen molar-refractivity contribution in [1.82, 2.24) is 0 Å². The first-order valence-electron chi connectivity index (χ1n) is 11.4. The molecule has 0 saturated heterocycles. The second-order valence-corrected chi connectivity index (χ2v) is 8.40. The summed E-state index contributed by atoms with van der Waals surface area (Å²) in [5, 5.41) is 0. The van der Waals surface area contributed by atoms with Crippen molar-refractivity contribution in [2.75, 3.05) is 46.5 Å². The number of nitrogens with zero attached hydrogens (tertiary/aromatic N) is 1. The smallest absolute Gasteiger partial charge is 0.102 e. The summed E-state index contributed by atoms with van der Waals surface area (Å²) in [6, 6.07) is 31.0. The maximum Gasteiger partial charge on any atom is 0.102 e. The van der Waals surface area contributed by atoms with Gasteiger partial charge in [-0.25, -0.2) is 0 Å². The lowest BCUT2D eigenvalue weighted by Crippen LogP contribution is -3.00. The molecule has 4 nitrogen and oxygen atoms in total. The molecular weight excluding hydrogens is 525 g/mol. The molecule has 0 aliphatic heterocycles. The van der Waals surface area contributed by atoms with Gasteiger partial charge in [-0.1, -0.05) is 91.0 Å². The van der Waals surface area contributed by atoms with Crippen molar-refractivity contribution in [3.05, 3.63) is 108 Å². The highest BCUT2D eigenvalue weighted by Gasteiger charge is 2.21. The Hall–Kier alpha value is -1.77. The van der Waals surface area contributed by atoms with E-state index < -0.39 is 0 Å². The van der Waals surface area contributed by atoms with Crippen LogP contribution in [0.25, 0.3) is 0 Å². The third kappa shape index (κ3) is 11.3. The van der Waals surface area contributed by atoms with Gasteiger partial charge in [-0.05, 0) is 16.7 Å². The lowest BCUT2D eigenvalue weighted by atomic mass is 10.2. The quantitative estimate of drug-likeness (QED) is 0.162. The summed E-state index contributed by atoms with van der Waals surface area (Å²) in [7, 11) is 2.27. The molecule has 0 radical (unpaired) electrons. The van der Waals surface area contributed by atoms with Gasteiger partial charge >= 0.3 is 0 Å². The first kappa shape index (κ1) is 27.5. The lowest BCUT2D eigenvalue weighted by molar-refractivity contribution is -0.910. The zero-order valence-electron chi connectivity index (χ0n) is 19.6. The number of hydrogen-bond acceptors (Lipinski definition) is 3. The maximum atomic E-state index is 5.97. The summed E-state index contributed by atoms with van der Waals surface area (Å²) in [6.07, 6.45) is 0. The molecule has 0 spiro atoms. The van der Waals surface area contributed by atoms with Gasteiger partial charge in [0.05, 0.1) is 46.7 Å². The van der Waals surface area contributed by atoms with Gasteiger partial charge in [0.15, 0.2) is 0 Å². The third-order valence-corrected chi connectivity index (χ3v) is 5.66. The first-order valence-corrected chi connectivity index (χ1v) is 11.4. The van der Waals surface area contributed by atoms with Gasteiger partial charge in [0.2, 0.25) is 0 Å². The van der Waals surface area contributed by atoms with Crippen molar-refractivity contribution in [3.63, 3.8) is 0 Å². The van der Waals surface area contributed by atoms with E-state index in [0.29, 0.717) is 39.6 Å². The van der Waals surface area contributed by atoms with Crippen molar-refractivity contribution >= 4 is 0 Å². The summed E-state index contributed by atoms with van der Waals surface area (Å²) in [5.74, 6) is 0. The molecule has 0 unspecified atom stereocenters. The van der Waals surface area contributed by atoms with Crippen LogP contribution in [0, 0.1) is 0 Å². The highest BCUT2D eigenvalue weighted by Crippen LogP contribution is 2.08. The summed E-state index contributed by atoms with van der Waals surface area (Å²) in [5.41, 5.74) is 3.62. The Morgan fingerprint density at radius 3 is 1.03 bits per heavy atom. The normalized spacial score (nSPS) is 11.2. The summed E-state index contributed by atoms with van der Waals surface area (Å²) < 4.78 is 18.8.